The molecule has 7 heteroatoms. The highest BCUT2D eigenvalue weighted by molar-refractivity contribution is 8.00. The van der Waals surface area contributed by atoms with Crippen LogP contribution in [0.3, 0.4) is 0 Å². The maximum Gasteiger partial charge on any atom is 0.332 e. The Morgan fingerprint density at radius 1 is 1.38 bits per heavy atom. The molecule has 0 radical (unpaired) electrons. The van der Waals surface area contributed by atoms with Gasteiger partial charge in [-0.1, -0.05) is 13.3 Å². The number of anilines is 2. The van der Waals surface area contributed by atoms with Crippen molar-refractivity contribution in [3.8, 4) is 0 Å². The molecule has 0 spiro atoms. The van der Waals surface area contributed by atoms with Crippen LogP contribution in [0, 0.1) is 0 Å². The van der Waals surface area contributed by atoms with Gasteiger partial charge in [0.1, 0.15) is 11.5 Å². The van der Waals surface area contributed by atoms with Crippen molar-refractivity contribution in [1.82, 2.24) is 9.13 Å². The predicted octanol–water partition coefficient (Wildman–Crippen LogP) is 1.24. The molecule has 118 valence electrons. The van der Waals surface area contributed by atoms with Crippen LogP contribution in [0.25, 0.3) is 0 Å². The zero-order valence-corrected chi connectivity index (χ0v) is 13.8. The fraction of sp³-hybridized carbons (Fsp3) is 0.714. The fourth-order valence-electron chi connectivity index (χ4n) is 2.32. The fourth-order valence-corrected chi connectivity index (χ4v) is 3.05. The molecule has 0 amide bonds. The highest BCUT2D eigenvalue weighted by atomic mass is 32.2. The summed E-state index contributed by atoms with van der Waals surface area (Å²) < 4.78 is 2.85. The summed E-state index contributed by atoms with van der Waals surface area (Å²) in [5.41, 5.74) is 5.73. The molecule has 0 unspecified atom stereocenters. The van der Waals surface area contributed by atoms with Crippen molar-refractivity contribution < 1.29 is 0 Å². The molecule has 2 rings (SSSR count). The number of unbranched alkanes of at least 4 members (excludes halogenated alkanes) is 1. The van der Waals surface area contributed by atoms with Crippen LogP contribution < -0.4 is 22.3 Å². The van der Waals surface area contributed by atoms with E-state index in [9.17, 15) is 9.59 Å². The highest BCUT2D eigenvalue weighted by Crippen LogP contribution is 2.47. The largest absolute Gasteiger partial charge is 0.383 e. The third-order valence-corrected chi connectivity index (χ3v) is 5.57. The van der Waals surface area contributed by atoms with E-state index in [1.165, 1.54) is 11.6 Å². The van der Waals surface area contributed by atoms with Crippen LogP contribution in [0.1, 0.15) is 32.6 Å². The monoisotopic (exact) mass is 312 g/mol. The van der Waals surface area contributed by atoms with Gasteiger partial charge in [0, 0.05) is 24.9 Å². The summed E-state index contributed by atoms with van der Waals surface area (Å²) in [4.78, 5) is 24.4. The van der Waals surface area contributed by atoms with Crippen molar-refractivity contribution in [1.29, 1.82) is 0 Å². The Kier molecular flexibility index (Phi) is 4.70. The second-order valence-corrected chi connectivity index (χ2v) is 6.93. The summed E-state index contributed by atoms with van der Waals surface area (Å²) in [6.07, 6.45) is 6.20. The van der Waals surface area contributed by atoms with Gasteiger partial charge >= 0.3 is 5.69 Å². The second-order valence-electron chi connectivity index (χ2n) is 5.65. The zero-order valence-electron chi connectivity index (χ0n) is 12.9. The van der Waals surface area contributed by atoms with Gasteiger partial charge in [-0.05, 0) is 25.5 Å². The Balaban J connectivity index is 2.33. The van der Waals surface area contributed by atoms with Crippen molar-refractivity contribution in [3.63, 3.8) is 0 Å². The van der Waals surface area contributed by atoms with E-state index in [4.69, 9.17) is 5.73 Å². The van der Waals surface area contributed by atoms with Crippen LogP contribution >= 0.6 is 11.8 Å². The minimum atomic E-state index is -0.345. The Morgan fingerprint density at radius 3 is 2.57 bits per heavy atom. The molecule has 1 aromatic heterocycles. The predicted molar refractivity (Wildman–Crippen MR) is 89.2 cm³/mol. The van der Waals surface area contributed by atoms with E-state index in [1.54, 1.807) is 0 Å². The van der Waals surface area contributed by atoms with E-state index in [2.05, 4.69) is 18.5 Å². The summed E-state index contributed by atoms with van der Waals surface area (Å²) in [6.45, 7) is 3.30. The van der Waals surface area contributed by atoms with E-state index in [0.29, 0.717) is 18.8 Å². The SMILES string of the molecule is CCCCn1c(N)c(NCC2(SC)CC2)c(=O)n(C)c1=O. The molecule has 1 heterocycles. The van der Waals surface area contributed by atoms with Crippen molar-refractivity contribution >= 4 is 23.3 Å². The van der Waals surface area contributed by atoms with Gasteiger partial charge in [-0.15, -0.1) is 0 Å². The lowest BCUT2D eigenvalue weighted by molar-refractivity contribution is 0.575. The molecule has 1 saturated carbocycles. The summed E-state index contributed by atoms with van der Waals surface area (Å²) in [5.74, 6) is 0.258. The lowest BCUT2D eigenvalue weighted by Gasteiger charge is -2.18. The number of hydrogen-bond donors (Lipinski definition) is 2. The van der Waals surface area contributed by atoms with Crippen LogP contribution in [0.15, 0.2) is 9.59 Å². The van der Waals surface area contributed by atoms with Crippen molar-refractivity contribution in [2.24, 2.45) is 7.05 Å². The standard InChI is InChI=1S/C14H24N4O2S/c1-4-5-8-18-11(15)10(12(19)17(2)13(18)20)16-9-14(21-3)6-7-14/h16H,4-9,15H2,1-3H3. The molecule has 0 bridgehead atoms. The van der Waals surface area contributed by atoms with E-state index in [1.807, 2.05) is 11.8 Å². The van der Waals surface area contributed by atoms with Crippen LogP contribution in [0.2, 0.25) is 0 Å². The van der Waals surface area contributed by atoms with Crippen LogP contribution in [-0.2, 0) is 13.6 Å². The third-order valence-electron chi connectivity index (χ3n) is 4.15. The molecule has 1 fully saturated rings. The lowest BCUT2D eigenvalue weighted by atomic mass is 10.3. The molecular formula is C14H24N4O2S. The molecule has 0 atom stereocenters. The topological polar surface area (TPSA) is 82.0 Å². The molecule has 1 aliphatic rings. The Bertz CT molecular complexity index is 631. The first-order valence-electron chi connectivity index (χ1n) is 7.34. The summed E-state index contributed by atoms with van der Waals surface area (Å²) in [5, 5.41) is 3.18. The van der Waals surface area contributed by atoms with Gasteiger partial charge in [-0.2, -0.15) is 11.8 Å². The summed E-state index contributed by atoms with van der Waals surface area (Å²) in [6, 6.07) is 0. The number of hydrogen-bond acceptors (Lipinski definition) is 5. The molecule has 21 heavy (non-hydrogen) atoms. The maximum absolute atomic E-state index is 12.3. The number of aromatic nitrogens is 2. The van der Waals surface area contributed by atoms with Crippen LogP contribution in [-0.4, -0.2) is 26.7 Å². The molecule has 0 aliphatic heterocycles. The smallest absolute Gasteiger partial charge is 0.332 e. The van der Waals surface area contributed by atoms with E-state index < -0.39 is 0 Å². The molecule has 6 nitrogen and oxygen atoms in total. The van der Waals surface area contributed by atoms with Gasteiger partial charge in [0.15, 0.2) is 0 Å². The Labute approximate surface area is 128 Å². The third kappa shape index (κ3) is 3.12. The second kappa shape index (κ2) is 6.17. The van der Waals surface area contributed by atoms with E-state index in [-0.39, 0.29) is 21.8 Å². The summed E-state index contributed by atoms with van der Waals surface area (Å²) >= 11 is 1.81. The molecular weight excluding hydrogens is 288 g/mol. The van der Waals surface area contributed by atoms with E-state index >= 15 is 0 Å². The zero-order chi connectivity index (χ0) is 15.6. The Hall–Kier alpha value is -1.37. The van der Waals surface area contributed by atoms with Crippen molar-refractivity contribution in [2.75, 3.05) is 23.9 Å². The van der Waals surface area contributed by atoms with Gasteiger partial charge in [-0.3, -0.25) is 13.9 Å². The average Bonchev–Trinajstić information content (AvgIpc) is 3.26. The first kappa shape index (κ1) is 16.0. The van der Waals surface area contributed by atoms with E-state index in [0.717, 1.165) is 30.3 Å². The van der Waals surface area contributed by atoms with Gasteiger partial charge < -0.3 is 11.1 Å². The summed E-state index contributed by atoms with van der Waals surface area (Å²) in [7, 11) is 1.50. The quantitative estimate of drug-likeness (QED) is 0.791. The molecule has 3 N–H and O–H groups in total. The lowest BCUT2D eigenvalue weighted by Crippen LogP contribution is -2.41. The normalized spacial score (nSPS) is 16.0. The number of nitrogens with zero attached hydrogens (tertiary/aromatic N) is 2. The number of rotatable bonds is 7. The van der Waals surface area contributed by atoms with Gasteiger partial charge in [0.25, 0.3) is 5.56 Å². The molecule has 1 aliphatic carbocycles. The minimum absolute atomic E-state index is 0.224. The van der Waals surface area contributed by atoms with Gasteiger partial charge in [-0.25, -0.2) is 4.79 Å². The van der Waals surface area contributed by atoms with Gasteiger partial charge in [0.05, 0.1) is 0 Å². The average molecular weight is 312 g/mol. The highest BCUT2D eigenvalue weighted by Gasteiger charge is 2.41. The van der Waals surface area contributed by atoms with Crippen molar-refractivity contribution in [2.45, 2.75) is 43.9 Å². The first-order chi connectivity index (χ1) is 9.95. The number of nitrogen functional groups attached to an aromatic ring is 1. The Morgan fingerprint density at radius 2 is 2.05 bits per heavy atom. The van der Waals surface area contributed by atoms with Crippen LogP contribution in [0.5, 0.6) is 0 Å². The molecule has 0 aromatic carbocycles. The first-order valence-corrected chi connectivity index (χ1v) is 8.56. The minimum Gasteiger partial charge on any atom is -0.383 e. The van der Waals surface area contributed by atoms with Gasteiger partial charge in [0.2, 0.25) is 0 Å². The van der Waals surface area contributed by atoms with Crippen molar-refractivity contribution in [3.05, 3.63) is 20.8 Å². The van der Waals surface area contributed by atoms with Crippen LogP contribution in [0.4, 0.5) is 11.5 Å². The number of thioether (sulfide) groups is 1. The number of nitrogens with one attached hydrogen (secondary N) is 1. The molecule has 0 saturated heterocycles. The molecule has 1 aromatic rings. The maximum atomic E-state index is 12.3. The number of nitrogens with two attached hydrogens (primary N) is 1.